The van der Waals surface area contributed by atoms with Gasteiger partial charge in [-0.1, -0.05) is 19.9 Å². The van der Waals surface area contributed by atoms with E-state index in [1.807, 2.05) is 39.1 Å². The van der Waals surface area contributed by atoms with Crippen molar-refractivity contribution < 1.29 is 31.1 Å². The summed E-state index contributed by atoms with van der Waals surface area (Å²) in [7, 11) is 1.81. The Kier molecular flexibility index (Phi) is 6.62. The quantitative estimate of drug-likeness (QED) is 0.546. The minimum atomic E-state index is 0. The zero-order valence-electron chi connectivity index (χ0n) is 11.6. The van der Waals surface area contributed by atoms with Gasteiger partial charge in [0.2, 0.25) is 0 Å². The first-order valence-electron chi connectivity index (χ1n) is 6.10. The van der Waals surface area contributed by atoms with Crippen molar-refractivity contribution in [1.29, 1.82) is 0 Å². The Balaban J connectivity index is 0.000000639. The fourth-order valence-electron chi connectivity index (χ4n) is 1.52. The van der Waals surface area contributed by atoms with Crippen molar-refractivity contribution in [2.45, 2.75) is 13.8 Å². The van der Waals surface area contributed by atoms with E-state index in [1.165, 1.54) is 0 Å². The summed E-state index contributed by atoms with van der Waals surface area (Å²) in [4.78, 5) is 8.17. The first kappa shape index (κ1) is 16.6. The molecule has 0 aliphatic heterocycles. The maximum Gasteiger partial charge on any atom is 0.197 e. The third-order valence-electron chi connectivity index (χ3n) is 2.32. The van der Waals surface area contributed by atoms with Crippen LogP contribution in [0, 0.1) is 31.1 Å². The van der Waals surface area contributed by atoms with Crippen LogP contribution >= 0.6 is 0 Å². The molecule has 0 atom stereocenters. The summed E-state index contributed by atoms with van der Waals surface area (Å²) in [5.74, 6) is 0.579. The number of aromatic nitrogens is 6. The van der Waals surface area contributed by atoms with Crippen LogP contribution in [0.1, 0.15) is 13.8 Å². The van der Waals surface area contributed by atoms with Gasteiger partial charge >= 0.3 is 0 Å². The van der Waals surface area contributed by atoms with E-state index >= 15 is 0 Å². The number of aryl methyl sites for hydroxylation is 1. The molecular weight excluding hydrogens is 478 g/mol. The minimum absolute atomic E-state index is 0. The second kappa shape index (κ2) is 7.98. The summed E-state index contributed by atoms with van der Waals surface area (Å²) in [5, 5.41) is 12.3. The zero-order chi connectivity index (χ0) is 13.7. The summed E-state index contributed by atoms with van der Waals surface area (Å²) in [6.45, 7) is 4.00. The molecule has 0 aromatic carbocycles. The van der Waals surface area contributed by atoms with Crippen molar-refractivity contribution in [3.63, 3.8) is 0 Å². The Labute approximate surface area is 141 Å². The van der Waals surface area contributed by atoms with Gasteiger partial charge in [-0.05, 0) is 17.7 Å². The molecule has 0 spiro atoms. The van der Waals surface area contributed by atoms with Crippen LogP contribution in [-0.4, -0.2) is 24.8 Å². The molecule has 0 saturated carbocycles. The van der Waals surface area contributed by atoms with Crippen LogP contribution in [0.2, 0.25) is 0 Å². The van der Waals surface area contributed by atoms with Crippen LogP contribution in [-0.2, 0) is 7.05 Å². The smallest absolute Gasteiger partial charge is 0.197 e. The predicted octanol–water partition coefficient (Wildman–Crippen LogP) is 1.92. The normalized spacial score (nSPS) is 9.35. The molecule has 0 N–H and O–H groups in total. The van der Waals surface area contributed by atoms with E-state index in [9.17, 15) is 0 Å². The molecule has 3 heterocycles. The first-order chi connectivity index (χ1) is 9.33. The summed E-state index contributed by atoms with van der Waals surface area (Å²) < 4.78 is 1.63. The summed E-state index contributed by atoms with van der Waals surface area (Å²) >= 11 is 0. The van der Waals surface area contributed by atoms with E-state index in [0.29, 0.717) is 11.5 Å². The van der Waals surface area contributed by atoms with Crippen molar-refractivity contribution >= 4 is 0 Å². The van der Waals surface area contributed by atoms with Gasteiger partial charge in [-0.15, -0.1) is 10.8 Å². The number of hydrogen-bond acceptors (Lipinski definition) is 4. The van der Waals surface area contributed by atoms with Gasteiger partial charge < -0.3 is 10.2 Å². The van der Waals surface area contributed by atoms with Gasteiger partial charge in [0.1, 0.15) is 6.33 Å². The molecule has 0 aliphatic carbocycles. The van der Waals surface area contributed by atoms with Gasteiger partial charge in [0.25, 0.3) is 0 Å². The Morgan fingerprint density at radius 1 is 1.25 bits per heavy atom. The maximum absolute atomic E-state index is 4.18. The largest absolute Gasteiger partial charge is 0.574 e. The van der Waals surface area contributed by atoms with Crippen molar-refractivity contribution in [3.8, 4) is 22.8 Å². The number of rotatable bonds is 2. The van der Waals surface area contributed by atoms with Crippen LogP contribution < -0.4 is 5.10 Å². The Morgan fingerprint density at radius 2 is 2.05 bits per heavy atom. The standard InChI is InChI=1S/C11H9N6.C2H6.U/c1-17-7-13-11(16-17)10-5-9(14-15-10)8-3-2-4-12-6-8;1-2;/h2-7H,1H3;1-2H3;/q-1;;. The molecule has 0 aliphatic rings. The molecule has 0 saturated heterocycles. The molecule has 0 unspecified atom stereocenters. The van der Waals surface area contributed by atoms with Crippen molar-refractivity contribution in [3.05, 3.63) is 36.9 Å². The van der Waals surface area contributed by atoms with Crippen LogP contribution in [0.3, 0.4) is 0 Å². The molecule has 3 aromatic rings. The van der Waals surface area contributed by atoms with E-state index in [-0.39, 0.29) is 31.1 Å². The average molecular weight is 493 g/mol. The van der Waals surface area contributed by atoms with Gasteiger partial charge in [-0.2, -0.15) is 0 Å². The molecule has 6 nitrogen and oxygen atoms in total. The molecule has 0 amide bonds. The Bertz CT molecular complexity index is 631. The number of nitrogens with zero attached hydrogens (tertiary/aromatic N) is 6. The topological polar surface area (TPSA) is 70.6 Å². The molecule has 102 valence electrons. The molecule has 3 rings (SSSR count). The van der Waals surface area contributed by atoms with Gasteiger partial charge in [-0.3, -0.25) is 9.67 Å². The Hall–Kier alpha value is -1.45. The van der Waals surface area contributed by atoms with E-state index in [0.717, 1.165) is 11.3 Å². The monoisotopic (exact) mass is 493 g/mol. The SMILES string of the molecule is CC.Cn1cnc(-c2cc(-c3cccnc3)[n-]n2)n1.[U]. The van der Waals surface area contributed by atoms with Crippen LogP contribution in [0.4, 0.5) is 0 Å². The van der Waals surface area contributed by atoms with Crippen molar-refractivity contribution in [2.75, 3.05) is 0 Å². The maximum atomic E-state index is 4.18. The third-order valence-corrected chi connectivity index (χ3v) is 2.32. The number of pyridine rings is 1. The van der Waals surface area contributed by atoms with Gasteiger partial charge in [0, 0.05) is 50.6 Å². The third kappa shape index (κ3) is 3.78. The molecular formula is C13H15N6U-. The van der Waals surface area contributed by atoms with E-state index in [1.54, 1.807) is 23.4 Å². The minimum Gasteiger partial charge on any atom is -0.574 e. The van der Waals surface area contributed by atoms with Crippen molar-refractivity contribution in [2.24, 2.45) is 7.05 Å². The molecule has 0 fully saturated rings. The van der Waals surface area contributed by atoms with E-state index in [4.69, 9.17) is 0 Å². The molecule has 20 heavy (non-hydrogen) atoms. The fraction of sp³-hybridized carbons (Fsp3) is 0.231. The first-order valence-corrected chi connectivity index (χ1v) is 6.10. The van der Waals surface area contributed by atoms with Crippen LogP contribution in [0.15, 0.2) is 36.9 Å². The van der Waals surface area contributed by atoms with Crippen LogP contribution in [0.5, 0.6) is 0 Å². The predicted molar refractivity (Wildman–Crippen MR) is 72.1 cm³/mol. The Morgan fingerprint density at radius 3 is 2.65 bits per heavy atom. The number of hydrogen-bond donors (Lipinski definition) is 0. The molecule has 7 heteroatoms. The second-order valence-corrected chi connectivity index (χ2v) is 3.60. The van der Waals surface area contributed by atoms with E-state index < -0.39 is 0 Å². The molecule has 3 aromatic heterocycles. The van der Waals surface area contributed by atoms with E-state index in [2.05, 4.69) is 25.3 Å². The van der Waals surface area contributed by atoms with Gasteiger partial charge in [0.05, 0.1) is 5.69 Å². The van der Waals surface area contributed by atoms with Crippen LogP contribution in [0.25, 0.3) is 22.8 Å². The average Bonchev–Trinajstić information content (AvgIpc) is 3.10. The summed E-state index contributed by atoms with van der Waals surface area (Å²) in [5.41, 5.74) is 2.38. The van der Waals surface area contributed by atoms with Gasteiger partial charge in [0.15, 0.2) is 5.82 Å². The second-order valence-electron chi connectivity index (χ2n) is 3.60. The zero-order valence-corrected chi connectivity index (χ0v) is 15.8. The fourth-order valence-corrected chi connectivity index (χ4v) is 1.52. The summed E-state index contributed by atoms with van der Waals surface area (Å²) in [6, 6.07) is 5.65. The van der Waals surface area contributed by atoms with Crippen molar-refractivity contribution in [1.82, 2.24) is 29.9 Å². The summed E-state index contributed by atoms with van der Waals surface area (Å²) in [6.07, 6.45) is 5.11. The molecule has 0 radical (unpaired) electrons. The van der Waals surface area contributed by atoms with Gasteiger partial charge in [-0.25, -0.2) is 4.98 Å². The molecule has 0 bridgehead atoms.